The smallest absolute Gasteiger partial charge is 0.275 e. The SMILES string of the molecule is COc1cccc(N2CC[NH+](CC(=O)N[C@H](C)c3ccc(Cl)cc3Cl)CC2)c1. The molecular weight excluding hydrogens is 397 g/mol. The van der Waals surface area contributed by atoms with E-state index < -0.39 is 0 Å². The number of piperazine rings is 1. The third kappa shape index (κ3) is 5.31. The normalized spacial score (nSPS) is 15.9. The first-order valence-electron chi connectivity index (χ1n) is 9.43. The highest BCUT2D eigenvalue weighted by Gasteiger charge is 2.23. The van der Waals surface area contributed by atoms with Gasteiger partial charge < -0.3 is 19.9 Å². The Labute approximate surface area is 176 Å². The Morgan fingerprint density at radius 2 is 1.96 bits per heavy atom. The second kappa shape index (κ2) is 9.50. The fourth-order valence-electron chi connectivity index (χ4n) is 3.52. The molecule has 2 N–H and O–H groups in total. The molecule has 0 aliphatic carbocycles. The van der Waals surface area contributed by atoms with Gasteiger partial charge in [0.2, 0.25) is 0 Å². The highest BCUT2D eigenvalue weighted by Crippen LogP contribution is 2.26. The molecule has 0 spiro atoms. The van der Waals surface area contributed by atoms with Crippen LogP contribution in [0, 0.1) is 0 Å². The van der Waals surface area contributed by atoms with E-state index in [-0.39, 0.29) is 11.9 Å². The number of halogens is 2. The molecule has 0 saturated carbocycles. The number of methoxy groups -OCH3 is 1. The van der Waals surface area contributed by atoms with Crippen molar-refractivity contribution in [3.63, 3.8) is 0 Å². The van der Waals surface area contributed by atoms with Crippen LogP contribution in [0.5, 0.6) is 5.75 Å². The van der Waals surface area contributed by atoms with E-state index in [4.69, 9.17) is 27.9 Å². The number of carbonyl (C=O) groups is 1. The molecule has 3 rings (SSSR count). The summed E-state index contributed by atoms with van der Waals surface area (Å²) in [6.45, 7) is 6.05. The van der Waals surface area contributed by atoms with Crippen molar-refractivity contribution in [2.24, 2.45) is 0 Å². The van der Waals surface area contributed by atoms with Crippen molar-refractivity contribution in [1.82, 2.24) is 5.32 Å². The number of anilines is 1. The lowest BCUT2D eigenvalue weighted by atomic mass is 10.1. The minimum Gasteiger partial charge on any atom is -0.497 e. The van der Waals surface area contributed by atoms with E-state index in [1.807, 2.05) is 25.1 Å². The van der Waals surface area contributed by atoms with Crippen molar-refractivity contribution in [1.29, 1.82) is 0 Å². The van der Waals surface area contributed by atoms with Crippen molar-refractivity contribution >= 4 is 34.8 Å². The number of hydrogen-bond donors (Lipinski definition) is 2. The predicted octanol–water partition coefficient (Wildman–Crippen LogP) is 2.58. The summed E-state index contributed by atoms with van der Waals surface area (Å²) in [6, 6.07) is 13.3. The van der Waals surface area contributed by atoms with E-state index >= 15 is 0 Å². The van der Waals surface area contributed by atoms with Crippen LogP contribution in [-0.4, -0.2) is 45.7 Å². The number of nitrogens with zero attached hydrogens (tertiary/aromatic N) is 1. The zero-order chi connectivity index (χ0) is 20.1. The van der Waals surface area contributed by atoms with Crippen LogP contribution in [0.3, 0.4) is 0 Å². The molecule has 0 bridgehead atoms. The first kappa shape index (κ1) is 20.8. The molecule has 1 saturated heterocycles. The standard InChI is InChI=1S/C21H25Cl2N3O2/c1-15(19-7-6-16(22)12-20(19)23)24-21(27)14-25-8-10-26(11-9-25)17-4-3-5-18(13-17)28-2/h3-7,12-13,15H,8-11,14H2,1-2H3,(H,24,27)/p+1/t15-/m1/s1. The molecule has 28 heavy (non-hydrogen) atoms. The second-order valence-electron chi connectivity index (χ2n) is 7.07. The largest absolute Gasteiger partial charge is 0.497 e. The minimum atomic E-state index is -0.158. The number of benzene rings is 2. The number of hydrogen-bond acceptors (Lipinski definition) is 3. The van der Waals surface area contributed by atoms with Crippen LogP contribution in [0.25, 0.3) is 0 Å². The Morgan fingerprint density at radius 3 is 2.64 bits per heavy atom. The topological polar surface area (TPSA) is 46.0 Å². The van der Waals surface area contributed by atoms with Crippen LogP contribution in [-0.2, 0) is 4.79 Å². The summed E-state index contributed by atoms with van der Waals surface area (Å²) >= 11 is 12.2. The number of ether oxygens (including phenoxy) is 1. The molecule has 0 unspecified atom stereocenters. The van der Waals surface area contributed by atoms with Crippen molar-refractivity contribution in [2.75, 3.05) is 44.7 Å². The van der Waals surface area contributed by atoms with Crippen molar-refractivity contribution < 1.29 is 14.4 Å². The maximum atomic E-state index is 12.5. The van der Waals surface area contributed by atoms with Crippen LogP contribution in [0.4, 0.5) is 5.69 Å². The zero-order valence-electron chi connectivity index (χ0n) is 16.2. The average Bonchev–Trinajstić information content (AvgIpc) is 2.68. The molecule has 1 fully saturated rings. The molecule has 1 aliphatic heterocycles. The quantitative estimate of drug-likeness (QED) is 0.751. The van der Waals surface area contributed by atoms with Gasteiger partial charge in [-0.05, 0) is 36.8 Å². The lowest BCUT2D eigenvalue weighted by Crippen LogP contribution is -3.15. The molecule has 5 nitrogen and oxygen atoms in total. The molecule has 0 aromatic heterocycles. The maximum Gasteiger partial charge on any atom is 0.275 e. The fraction of sp³-hybridized carbons (Fsp3) is 0.381. The Morgan fingerprint density at radius 1 is 1.21 bits per heavy atom. The van der Waals surface area contributed by atoms with Gasteiger partial charge in [-0.25, -0.2) is 0 Å². The van der Waals surface area contributed by atoms with Gasteiger partial charge in [0.25, 0.3) is 5.91 Å². The Bertz CT molecular complexity index is 823. The van der Waals surface area contributed by atoms with Gasteiger partial charge >= 0.3 is 0 Å². The predicted molar refractivity (Wildman–Crippen MR) is 114 cm³/mol. The van der Waals surface area contributed by atoms with Gasteiger partial charge in [-0.1, -0.05) is 35.3 Å². The minimum absolute atomic E-state index is 0.0309. The molecule has 2 aromatic carbocycles. The van der Waals surface area contributed by atoms with Crippen LogP contribution >= 0.6 is 23.2 Å². The van der Waals surface area contributed by atoms with Crippen LogP contribution < -0.4 is 19.9 Å². The van der Waals surface area contributed by atoms with Crippen LogP contribution in [0.1, 0.15) is 18.5 Å². The van der Waals surface area contributed by atoms with Gasteiger partial charge in [-0.15, -0.1) is 0 Å². The van der Waals surface area contributed by atoms with Crippen LogP contribution in [0.15, 0.2) is 42.5 Å². The molecule has 1 heterocycles. The van der Waals surface area contributed by atoms with Crippen LogP contribution in [0.2, 0.25) is 10.0 Å². The number of rotatable bonds is 6. The summed E-state index contributed by atoms with van der Waals surface area (Å²) < 4.78 is 5.31. The second-order valence-corrected chi connectivity index (χ2v) is 7.91. The van der Waals surface area contributed by atoms with Gasteiger partial charge in [0, 0.05) is 21.8 Å². The van der Waals surface area contributed by atoms with E-state index in [0.717, 1.165) is 43.2 Å². The Hall–Kier alpha value is -1.95. The van der Waals surface area contributed by atoms with Gasteiger partial charge in [-0.2, -0.15) is 0 Å². The van der Waals surface area contributed by atoms with Crippen molar-refractivity contribution in [2.45, 2.75) is 13.0 Å². The summed E-state index contributed by atoms with van der Waals surface area (Å²) in [4.78, 5) is 16.1. The average molecular weight is 423 g/mol. The molecule has 0 radical (unpaired) electrons. The summed E-state index contributed by atoms with van der Waals surface area (Å²) in [5, 5.41) is 4.20. The van der Waals surface area contributed by atoms with E-state index in [1.54, 1.807) is 19.2 Å². The van der Waals surface area contributed by atoms with E-state index in [9.17, 15) is 4.79 Å². The van der Waals surface area contributed by atoms with Gasteiger partial charge in [0.15, 0.2) is 6.54 Å². The van der Waals surface area contributed by atoms with Gasteiger partial charge in [-0.3, -0.25) is 4.79 Å². The van der Waals surface area contributed by atoms with Gasteiger partial charge in [0.1, 0.15) is 5.75 Å². The number of amides is 1. The number of carbonyl (C=O) groups excluding carboxylic acids is 1. The molecule has 1 amide bonds. The van der Waals surface area contributed by atoms with E-state index in [2.05, 4.69) is 22.3 Å². The summed E-state index contributed by atoms with van der Waals surface area (Å²) in [7, 11) is 1.68. The lowest BCUT2D eigenvalue weighted by Gasteiger charge is -2.33. The first-order chi connectivity index (χ1) is 13.5. The molecular formula is C21H26Cl2N3O2+. The summed E-state index contributed by atoms with van der Waals surface area (Å²) in [5.74, 6) is 0.893. The van der Waals surface area contributed by atoms with E-state index in [0.29, 0.717) is 16.6 Å². The zero-order valence-corrected chi connectivity index (χ0v) is 17.7. The molecule has 1 aliphatic rings. The molecule has 2 aromatic rings. The Kier molecular flexibility index (Phi) is 7.05. The summed E-state index contributed by atoms with van der Waals surface area (Å²) in [6.07, 6.45) is 0. The molecule has 1 atom stereocenters. The van der Waals surface area contributed by atoms with Gasteiger partial charge in [0.05, 0.1) is 39.3 Å². The lowest BCUT2D eigenvalue weighted by molar-refractivity contribution is -0.892. The highest BCUT2D eigenvalue weighted by molar-refractivity contribution is 6.35. The monoisotopic (exact) mass is 422 g/mol. The Balaban J connectivity index is 1.49. The molecule has 150 valence electrons. The molecule has 7 heteroatoms. The third-order valence-corrected chi connectivity index (χ3v) is 5.67. The maximum absolute atomic E-state index is 12.5. The first-order valence-corrected chi connectivity index (χ1v) is 10.2. The van der Waals surface area contributed by atoms with Crippen molar-refractivity contribution in [3.05, 3.63) is 58.1 Å². The number of nitrogens with one attached hydrogen (secondary N) is 2. The third-order valence-electron chi connectivity index (χ3n) is 5.11. The van der Waals surface area contributed by atoms with E-state index in [1.165, 1.54) is 4.90 Å². The summed E-state index contributed by atoms with van der Waals surface area (Å²) in [5.41, 5.74) is 2.03. The fourth-order valence-corrected chi connectivity index (χ4v) is 4.09. The number of quaternary nitrogens is 1. The highest BCUT2D eigenvalue weighted by atomic mass is 35.5. The van der Waals surface area contributed by atoms with Crippen molar-refractivity contribution in [3.8, 4) is 5.75 Å².